The van der Waals surface area contributed by atoms with Crippen molar-refractivity contribution in [2.75, 3.05) is 13.1 Å². The van der Waals surface area contributed by atoms with Crippen LogP contribution in [0.2, 0.25) is 0 Å². The zero-order valence-corrected chi connectivity index (χ0v) is 9.66. The highest BCUT2D eigenvalue weighted by molar-refractivity contribution is 7.90. The SMILES string of the molecule is Cl.O=S(=O)(NCC1CCCN1)C1CC1. The third-order valence-corrected chi connectivity index (χ3v) is 4.57. The molecule has 4 nitrogen and oxygen atoms in total. The summed E-state index contributed by atoms with van der Waals surface area (Å²) in [5.41, 5.74) is 0. The Kier molecular flexibility index (Phi) is 4.18. The molecule has 0 spiro atoms. The summed E-state index contributed by atoms with van der Waals surface area (Å²) in [5, 5.41) is 3.17. The molecule has 0 amide bonds. The van der Waals surface area contributed by atoms with Gasteiger partial charge in [-0.15, -0.1) is 12.4 Å². The van der Waals surface area contributed by atoms with E-state index >= 15 is 0 Å². The molecular formula is C8H17ClN2O2S. The molecule has 0 aromatic carbocycles. The van der Waals surface area contributed by atoms with Gasteiger partial charge in [-0.1, -0.05) is 0 Å². The van der Waals surface area contributed by atoms with Crippen molar-refractivity contribution >= 4 is 22.4 Å². The molecule has 2 rings (SSSR count). The minimum Gasteiger partial charge on any atom is -0.313 e. The molecule has 14 heavy (non-hydrogen) atoms. The van der Waals surface area contributed by atoms with Gasteiger partial charge in [-0.3, -0.25) is 0 Å². The van der Waals surface area contributed by atoms with Gasteiger partial charge in [-0.2, -0.15) is 0 Å². The molecular weight excluding hydrogens is 224 g/mol. The van der Waals surface area contributed by atoms with E-state index in [-0.39, 0.29) is 17.7 Å². The first-order valence-corrected chi connectivity index (χ1v) is 6.45. The second-order valence-electron chi connectivity index (χ2n) is 3.89. The minimum absolute atomic E-state index is 0. The first-order chi connectivity index (χ1) is 6.18. The summed E-state index contributed by atoms with van der Waals surface area (Å²) in [4.78, 5) is 0. The van der Waals surface area contributed by atoms with E-state index in [9.17, 15) is 8.42 Å². The van der Waals surface area contributed by atoms with E-state index in [1.807, 2.05) is 0 Å². The molecule has 2 fully saturated rings. The zero-order chi connectivity index (χ0) is 9.31. The van der Waals surface area contributed by atoms with Crippen molar-refractivity contribution in [2.45, 2.75) is 37.0 Å². The predicted octanol–water partition coefficient (Wildman–Crippen LogP) is 0.242. The maximum absolute atomic E-state index is 11.4. The average molecular weight is 241 g/mol. The minimum atomic E-state index is -2.96. The van der Waals surface area contributed by atoms with Crippen LogP contribution in [0.5, 0.6) is 0 Å². The van der Waals surface area contributed by atoms with Crippen LogP contribution in [0.4, 0.5) is 0 Å². The largest absolute Gasteiger partial charge is 0.313 e. The molecule has 1 unspecified atom stereocenters. The fourth-order valence-electron chi connectivity index (χ4n) is 1.64. The maximum atomic E-state index is 11.4. The topological polar surface area (TPSA) is 58.2 Å². The van der Waals surface area contributed by atoms with Crippen molar-refractivity contribution in [3.05, 3.63) is 0 Å². The molecule has 6 heteroatoms. The van der Waals surface area contributed by atoms with E-state index in [0.717, 1.165) is 32.2 Å². The van der Waals surface area contributed by atoms with Crippen molar-refractivity contribution in [1.82, 2.24) is 10.0 Å². The van der Waals surface area contributed by atoms with Crippen LogP contribution >= 0.6 is 12.4 Å². The Balaban J connectivity index is 0.000000980. The Labute approximate surface area is 91.3 Å². The molecule has 2 N–H and O–H groups in total. The highest BCUT2D eigenvalue weighted by Crippen LogP contribution is 2.27. The number of hydrogen-bond acceptors (Lipinski definition) is 3. The van der Waals surface area contributed by atoms with Gasteiger partial charge in [0.15, 0.2) is 0 Å². The lowest BCUT2D eigenvalue weighted by Gasteiger charge is -2.11. The first-order valence-electron chi connectivity index (χ1n) is 4.90. The molecule has 1 aliphatic heterocycles. The Hall–Kier alpha value is 0.160. The standard InChI is InChI=1S/C8H16N2O2S.ClH/c11-13(12,8-3-4-8)10-6-7-2-1-5-9-7;/h7-10H,1-6H2;1H. The van der Waals surface area contributed by atoms with E-state index in [1.165, 1.54) is 0 Å². The molecule has 2 aliphatic rings. The van der Waals surface area contributed by atoms with Gasteiger partial charge in [0.2, 0.25) is 10.0 Å². The molecule has 1 atom stereocenters. The van der Waals surface area contributed by atoms with Gasteiger partial charge < -0.3 is 5.32 Å². The number of halogens is 1. The van der Waals surface area contributed by atoms with Crippen LogP contribution < -0.4 is 10.0 Å². The van der Waals surface area contributed by atoms with Gasteiger partial charge >= 0.3 is 0 Å². The normalized spacial score (nSPS) is 27.3. The lowest BCUT2D eigenvalue weighted by atomic mass is 10.2. The zero-order valence-electron chi connectivity index (χ0n) is 8.03. The Bertz CT molecular complexity index is 271. The highest BCUT2D eigenvalue weighted by Gasteiger charge is 2.35. The third-order valence-electron chi connectivity index (χ3n) is 2.66. The molecule has 0 bridgehead atoms. The summed E-state index contributed by atoms with van der Waals surface area (Å²) in [6.45, 7) is 1.59. The van der Waals surface area contributed by atoms with Crippen molar-refractivity contribution < 1.29 is 8.42 Å². The average Bonchev–Trinajstić information content (AvgIpc) is 2.82. The number of nitrogens with one attached hydrogen (secondary N) is 2. The van der Waals surface area contributed by atoms with Crippen LogP contribution in [0.25, 0.3) is 0 Å². The van der Waals surface area contributed by atoms with E-state index in [1.54, 1.807) is 0 Å². The van der Waals surface area contributed by atoms with Gasteiger partial charge in [0.05, 0.1) is 5.25 Å². The summed E-state index contributed by atoms with van der Waals surface area (Å²) in [7, 11) is -2.96. The fourth-order valence-corrected chi connectivity index (χ4v) is 3.07. The maximum Gasteiger partial charge on any atom is 0.214 e. The highest BCUT2D eigenvalue weighted by atomic mass is 35.5. The Morgan fingerprint density at radius 3 is 2.50 bits per heavy atom. The van der Waals surface area contributed by atoms with Gasteiger partial charge in [0.1, 0.15) is 0 Å². The molecule has 0 radical (unpaired) electrons. The van der Waals surface area contributed by atoms with E-state index in [0.29, 0.717) is 12.6 Å². The summed E-state index contributed by atoms with van der Waals surface area (Å²) in [6.07, 6.45) is 3.93. The molecule has 1 aliphatic carbocycles. The van der Waals surface area contributed by atoms with Crippen molar-refractivity contribution in [3.63, 3.8) is 0 Å². The molecule has 1 heterocycles. The van der Waals surface area contributed by atoms with Crippen molar-refractivity contribution in [3.8, 4) is 0 Å². The van der Waals surface area contributed by atoms with Gasteiger partial charge in [-0.05, 0) is 32.2 Å². The van der Waals surface area contributed by atoms with E-state index in [2.05, 4.69) is 10.0 Å². The first kappa shape index (κ1) is 12.2. The number of sulfonamides is 1. The summed E-state index contributed by atoms with van der Waals surface area (Å²) < 4.78 is 25.5. The molecule has 0 aromatic rings. The molecule has 1 saturated heterocycles. The Morgan fingerprint density at radius 2 is 2.00 bits per heavy atom. The predicted molar refractivity (Wildman–Crippen MR) is 58.2 cm³/mol. The van der Waals surface area contributed by atoms with Crippen LogP contribution in [0.3, 0.4) is 0 Å². The smallest absolute Gasteiger partial charge is 0.214 e. The van der Waals surface area contributed by atoms with Crippen LogP contribution in [0.1, 0.15) is 25.7 Å². The van der Waals surface area contributed by atoms with Crippen molar-refractivity contribution in [2.24, 2.45) is 0 Å². The molecule has 1 saturated carbocycles. The van der Waals surface area contributed by atoms with E-state index in [4.69, 9.17) is 0 Å². The monoisotopic (exact) mass is 240 g/mol. The van der Waals surface area contributed by atoms with Gasteiger partial charge in [-0.25, -0.2) is 13.1 Å². The molecule has 84 valence electrons. The summed E-state index contributed by atoms with van der Waals surface area (Å²) in [6, 6.07) is 0.355. The Morgan fingerprint density at radius 1 is 1.29 bits per heavy atom. The lowest BCUT2D eigenvalue weighted by molar-refractivity contribution is 0.551. The summed E-state index contributed by atoms with van der Waals surface area (Å²) in [5.74, 6) is 0. The third kappa shape index (κ3) is 3.08. The second-order valence-corrected chi connectivity index (χ2v) is 5.93. The van der Waals surface area contributed by atoms with Gasteiger partial charge in [0.25, 0.3) is 0 Å². The van der Waals surface area contributed by atoms with Crippen molar-refractivity contribution in [1.29, 1.82) is 0 Å². The van der Waals surface area contributed by atoms with E-state index < -0.39 is 10.0 Å². The molecule has 0 aromatic heterocycles. The van der Waals surface area contributed by atoms with Crippen LogP contribution in [0, 0.1) is 0 Å². The summed E-state index contributed by atoms with van der Waals surface area (Å²) >= 11 is 0. The second kappa shape index (κ2) is 4.79. The van der Waals surface area contributed by atoms with Gasteiger partial charge in [0, 0.05) is 12.6 Å². The quantitative estimate of drug-likeness (QED) is 0.740. The van der Waals surface area contributed by atoms with Crippen LogP contribution in [-0.2, 0) is 10.0 Å². The number of rotatable bonds is 4. The lowest BCUT2D eigenvalue weighted by Crippen LogP contribution is -2.38. The van der Waals surface area contributed by atoms with Crippen LogP contribution in [0.15, 0.2) is 0 Å². The number of hydrogen-bond donors (Lipinski definition) is 2. The van der Waals surface area contributed by atoms with Crippen LogP contribution in [-0.4, -0.2) is 32.8 Å². The fraction of sp³-hybridized carbons (Fsp3) is 1.00.